The van der Waals surface area contributed by atoms with Crippen molar-refractivity contribution in [3.63, 3.8) is 0 Å². The van der Waals surface area contributed by atoms with E-state index >= 15 is 0 Å². The van der Waals surface area contributed by atoms with E-state index in [0.29, 0.717) is 16.0 Å². The molecule has 0 bridgehead atoms. The van der Waals surface area contributed by atoms with E-state index in [-0.39, 0.29) is 24.6 Å². The second-order valence-electron chi connectivity index (χ2n) is 6.47. The van der Waals surface area contributed by atoms with Gasteiger partial charge in [-0.15, -0.1) is 0 Å². The predicted molar refractivity (Wildman–Crippen MR) is 111 cm³/mol. The van der Waals surface area contributed by atoms with Crippen molar-refractivity contribution in [3.8, 4) is 0 Å². The Balaban J connectivity index is 1.70. The molecule has 0 unspecified atom stereocenters. The van der Waals surface area contributed by atoms with Crippen molar-refractivity contribution in [2.75, 3.05) is 5.32 Å². The van der Waals surface area contributed by atoms with Crippen LogP contribution < -0.4 is 16.6 Å². The lowest BCUT2D eigenvalue weighted by atomic mass is 10.2. The van der Waals surface area contributed by atoms with Crippen molar-refractivity contribution in [2.24, 2.45) is 0 Å². The van der Waals surface area contributed by atoms with Gasteiger partial charge in [0.05, 0.1) is 21.1 Å². The van der Waals surface area contributed by atoms with Gasteiger partial charge in [-0.3, -0.25) is 18.7 Å². The summed E-state index contributed by atoms with van der Waals surface area (Å²) in [6.45, 7) is 3.76. The van der Waals surface area contributed by atoms with Crippen LogP contribution in [-0.2, 0) is 17.9 Å². The second kappa shape index (κ2) is 7.05. The molecule has 8 heteroatoms. The first kappa shape index (κ1) is 18.1. The third kappa shape index (κ3) is 3.11. The zero-order chi connectivity index (χ0) is 19.8. The summed E-state index contributed by atoms with van der Waals surface area (Å²) in [5.41, 5.74) is 1.53. The maximum absolute atomic E-state index is 12.7. The van der Waals surface area contributed by atoms with Gasteiger partial charge in [-0.1, -0.05) is 29.5 Å². The van der Waals surface area contributed by atoms with Gasteiger partial charge in [-0.2, -0.15) is 0 Å². The number of carbonyl (C=O) groups is 1. The molecule has 0 saturated carbocycles. The molecular weight excluding hydrogens is 376 g/mol. The van der Waals surface area contributed by atoms with E-state index in [1.807, 2.05) is 25.1 Å². The monoisotopic (exact) mass is 394 g/mol. The number of benzene rings is 2. The molecule has 0 aliphatic rings. The molecule has 0 atom stereocenters. The summed E-state index contributed by atoms with van der Waals surface area (Å²) in [7, 11) is 0. The zero-order valence-corrected chi connectivity index (χ0v) is 16.2. The first-order chi connectivity index (χ1) is 13.5. The van der Waals surface area contributed by atoms with Crippen LogP contribution in [0.1, 0.15) is 12.5 Å². The van der Waals surface area contributed by atoms with Crippen LogP contribution in [0.4, 0.5) is 5.13 Å². The summed E-state index contributed by atoms with van der Waals surface area (Å²) in [6.07, 6.45) is 0. The SMILES string of the molecule is CCn1c(=O)c2ccccc2n(CC(=O)Nc2nc3ccc(C)cc3s2)c1=O. The van der Waals surface area contributed by atoms with Gasteiger partial charge in [0.2, 0.25) is 5.91 Å². The molecule has 142 valence electrons. The van der Waals surface area contributed by atoms with E-state index in [1.165, 1.54) is 15.9 Å². The first-order valence-electron chi connectivity index (χ1n) is 8.87. The van der Waals surface area contributed by atoms with Crippen LogP contribution in [0.25, 0.3) is 21.1 Å². The van der Waals surface area contributed by atoms with Gasteiger partial charge < -0.3 is 5.32 Å². The molecule has 0 saturated heterocycles. The number of hydrogen-bond acceptors (Lipinski definition) is 5. The lowest BCUT2D eigenvalue weighted by Crippen LogP contribution is -2.41. The lowest BCUT2D eigenvalue weighted by molar-refractivity contribution is -0.116. The minimum Gasteiger partial charge on any atom is -0.300 e. The molecule has 2 aromatic heterocycles. The maximum Gasteiger partial charge on any atom is 0.331 e. The van der Waals surface area contributed by atoms with Crippen molar-refractivity contribution in [2.45, 2.75) is 26.9 Å². The molecule has 0 aliphatic heterocycles. The van der Waals surface area contributed by atoms with Crippen LogP contribution in [0.5, 0.6) is 0 Å². The van der Waals surface area contributed by atoms with E-state index in [2.05, 4.69) is 10.3 Å². The molecule has 1 N–H and O–H groups in total. The molecule has 2 heterocycles. The number of rotatable bonds is 4. The highest BCUT2D eigenvalue weighted by molar-refractivity contribution is 7.22. The van der Waals surface area contributed by atoms with Gasteiger partial charge in [-0.05, 0) is 43.7 Å². The van der Waals surface area contributed by atoms with E-state index in [9.17, 15) is 14.4 Å². The fourth-order valence-electron chi connectivity index (χ4n) is 3.19. The van der Waals surface area contributed by atoms with Crippen molar-refractivity contribution >= 4 is 43.5 Å². The number of nitrogens with zero attached hydrogens (tertiary/aromatic N) is 3. The van der Waals surface area contributed by atoms with Crippen molar-refractivity contribution in [3.05, 3.63) is 68.9 Å². The number of carbonyl (C=O) groups excluding carboxylic acids is 1. The van der Waals surface area contributed by atoms with Crippen molar-refractivity contribution in [1.29, 1.82) is 0 Å². The second-order valence-corrected chi connectivity index (χ2v) is 7.50. The average Bonchev–Trinajstić information content (AvgIpc) is 3.06. The molecule has 4 rings (SSSR count). The van der Waals surface area contributed by atoms with Crippen LogP contribution >= 0.6 is 11.3 Å². The minimum absolute atomic E-state index is 0.200. The molecule has 0 aliphatic carbocycles. The van der Waals surface area contributed by atoms with Gasteiger partial charge in [0.15, 0.2) is 5.13 Å². The Bertz CT molecular complexity index is 1330. The number of anilines is 1. The van der Waals surface area contributed by atoms with Crippen LogP contribution in [0.2, 0.25) is 0 Å². The quantitative estimate of drug-likeness (QED) is 0.577. The van der Waals surface area contributed by atoms with E-state index in [1.54, 1.807) is 31.2 Å². The van der Waals surface area contributed by atoms with Gasteiger partial charge in [0.1, 0.15) is 6.54 Å². The van der Waals surface area contributed by atoms with Gasteiger partial charge in [0.25, 0.3) is 5.56 Å². The maximum atomic E-state index is 12.7. The molecule has 7 nitrogen and oxygen atoms in total. The topological polar surface area (TPSA) is 86.0 Å². The highest BCUT2D eigenvalue weighted by atomic mass is 32.1. The van der Waals surface area contributed by atoms with Crippen LogP contribution in [0.15, 0.2) is 52.1 Å². The number of fused-ring (bicyclic) bond motifs is 2. The van der Waals surface area contributed by atoms with E-state index < -0.39 is 5.69 Å². The molecule has 2 aromatic carbocycles. The van der Waals surface area contributed by atoms with Gasteiger partial charge >= 0.3 is 5.69 Å². The van der Waals surface area contributed by atoms with Crippen LogP contribution in [0.3, 0.4) is 0 Å². The Kier molecular flexibility index (Phi) is 4.56. The molecule has 0 radical (unpaired) electrons. The smallest absolute Gasteiger partial charge is 0.300 e. The molecule has 4 aromatic rings. The Morgan fingerprint density at radius 1 is 1.14 bits per heavy atom. The first-order valence-corrected chi connectivity index (χ1v) is 9.69. The van der Waals surface area contributed by atoms with E-state index in [4.69, 9.17) is 0 Å². The number of thiazole rings is 1. The predicted octanol–water partition coefficient (Wildman–Crippen LogP) is 2.74. The molecular formula is C20H18N4O3S. The summed E-state index contributed by atoms with van der Waals surface area (Å²) in [6, 6.07) is 12.7. The van der Waals surface area contributed by atoms with Crippen LogP contribution in [0, 0.1) is 6.92 Å². The summed E-state index contributed by atoms with van der Waals surface area (Å²) < 4.78 is 3.45. The largest absolute Gasteiger partial charge is 0.331 e. The Hall–Kier alpha value is -3.26. The number of hydrogen-bond donors (Lipinski definition) is 1. The highest BCUT2D eigenvalue weighted by Crippen LogP contribution is 2.26. The van der Waals surface area contributed by atoms with Crippen molar-refractivity contribution < 1.29 is 4.79 Å². The number of nitrogens with one attached hydrogen (secondary N) is 1. The Morgan fingerprint density at radius 3 is 2.71 bits per heavy atom. The number of aryl methyl sites for hydroxylation is 1. The lowest BCUT2D eigenvalue weighted by Gasteiger charge is -2.12. The van der Waals surface area contributed by atoms with Crippen molar-refractivity contribution in [1.82, 2.24) is 14.1 Å². The summed E-state index contributed by atoms with van der Waals surface area (Å²) >= 11 is 1.38. The molecule has 1 amide bonds. The third-order valence-electron chi connectivity index (χ3n) is 4.54. The fraction of sp³-hybridized carbons (Fsp3) is 0.200. The fourth-order valence-corrected chi connectivity index (χ4v) is 4.17. The molecule has 0 spiro atoms. The van der Waals surface area contributed by atoms with Crippen LogP contribution in [-0.4, -0.2) is 20.0 Å². The Labute approximate surface area is 163 Å². The highest BCUT2D eigenvalue weighted by Gasteiger charge is 2.15. The van der Waals surface area contributed by atoms with Gasteiger partial charge in [-0.25, -0.2) is 9.78 Å². The number of aromatic nitrogens is 3. The molecule has 28 heavy (non-hydrogen) atoms. The Morgan fingerprint density at radius 2 is 1.93 bits per heavy atom. The molecule has 0 fully saturated rings. The summed E-state index contributed by atoms with van der Waals surface area (Å²) in [5.74, 6) is -0.371. The normalized spacial score (nSPS) is 11.2. The van der Waals surface area contributed by atoms with Gasteiger partial charge in [0, 0.05) is 6.54 Å². The summed E-state index contributed by atoms with van der Waals surface area (Å²) in [4.78, 5) is 42.2. The number of amides is 1. The average molecular weight is 394 g/mol. The zero-order valence-electron chi connectivity index (χ0n) is 15.4. The van der Waals surface area contributed by atoms with E-state index in [0.717, 1.165) is 20.3 Å². The summed E-state index contributed by atoms with van der Waals surface area (Å²) in [5, 5.41) is 3.65. The number of para-hydroxylation sites is 1. The standard InChI is InChI=1S/C20H18N4O3S/c1-3-23-18(26)13-6-4-5-7-15(13)24(20(23)27)11-17(25)22-19-21-14-9-8-12(2)10-16(14)28-19/h4-10H,3,11H2,1-2H3,(H,21,22,25). The minimum atomic E-state index is -0.499. The third-order valence-corrected chi connectivity index (χ3v) is 5.47.